The Kier molecular flexibility index (Phi) is 5.39. The number of nitrogens with zero attached hydrogens (tertiary/aromatic N) is 5. The van der Waals surface area contributed by atoms with Crippen molar-refractivity contribution in [1.29, 1.82) is 0 Å². The first-order chi connectivity index (χ1) is 14.1. The van der Waals surface area contributed by atoms with E-state index in [1.165, 1.54) is 22.2 Å². The Morgan fingerprint density at radius 3 is 2.83 bits per heavy atom. The molecule has 0 saturated heterocycles. The summed E-state index contributed by atoms with van der Waals surface area (Å²) in [6, 6.07) is 14.0. The molecule has 2 aromatic heterocycles. The molecule has 1 amide bonds. The summed E-state index contributed by atoms with van der Waals surface area (Å²) in [6.45, 7) is 2.03. The van der Waals surface area contributed by atoms with E-state index in [1.807, 2.05) is 35.7 Å². The lowest BCUT2D eigenvalue weighted by Crippen LogP contribution is -2.14. The van der Waals surface area contributed by atoms with Gasteiger partial charge in [0.15, 0.2) is 0 Å². The summed E-state index contributed by atoms with van der Waals surface area (Å²) < 4.78 is 13.4. The van der Waals surface area contributed by atoms with Crippen LogP contribution in [0.15, 0.2) is 53.9 Å². The fourth-order valence-corrected chi connectivity index (χ4v) is 3.50. The number of benzene rings is 2. The van der Waals surface area contributed by atoms with E-state index in [4.69, 9.17) is 0 Å². The third-order valence-electron chi connectivity index (χ3n) is 4.14. The van der Waals surface area contributed by atoms with Crippen molar-refractivity contribution in [2.75, 3.05) is 5.32 Å². The Labute approximate surface area is 170 Å². The van der Waals surface area contributed by atoms with E-state index in [-0.39, 0.29) is 18.1 Å². The minimum Gasteiger partial charge on any atom is -0.326 e. The third-order valence-corrected chi connectivity index (χ3v) is 5.04. The van der Waals surface area contributed by atoms with Crippen LogP contribution in [-0.4, -0.2) is 31.1 Å². The predicted octanol–water partition coefficient (Wildman–Crippen LogP) is 3.47. The van der Waals surface area contributed by atoms with E-state index in [9.17, 15) is 9.18 Å². The number of carbonyl (C=O) groups is 1. The molecule has 0 aliphatic heterocycles. The highest BCUT2D eigenvalue weighted by Gasteiger charge is 2.12. The van der Waals surface area contributed by atoms with Crippen molar-refractivity contribution >= 4 is 22.9 Å². The van der Waals surface area contributed by atoms with E-state index in [1.54, 1.807) is 19.1 Å². The lowest BCUT2D eigenvalue weighted by Gasteiger charge is -2.02. The lowest BCUT2D eigenvalue weighted by atomic mass is 10.1. The van der Waals surface area contributed by atoms with Gasteiger partial charge >= 0.3 is 0 Å². The molecule has 4 aromatic rings. The van der Waals surface area contributed by atoms with Crippen molar-refractivity contribution in [3.63, 3.8) is 0 Å². The van der Waals surface area contributed by atoms with Crippen molar-refractivity contribution in [1.82, 2.24) is 25.2 Å². The number of rotatable bonds is 6. The Morgan fingerprint density at radius 1 is 1.21 bits per heavy atom. The number of hydrogen-bond acceptors (Lipinski definition) is 6. The van der Waals surface area contributed by atoms with Crippen molar-refractivity contribution in [2.24, 2.45) is 0 Å². The first-order valence-corrected chi connectivity index (χ1v) is 9.77. The molecule has 7 nitrogen and oxygen atoms in total. The summed E-state index contributed by atoms with van der Waals surface area (Å²) >= 11 is 1.41. The molecule has 0 bridgehead atoms. The number of thiazole rings is 1. The zero-order valence-corrected chi connectivity index (χ0v) is 16.4. The number of tetrazole rings is 1. The van der Waals surface area contributed by atoms with E-state index in [0.717, 1.165) is 11.4 Å². The molecule has 9 heteroatoms. The van der Waals surface area contributed by atoms with Crippen LogP contribution in [0.5, 0.6) is 0 Å². The number of hydrogen-bond donors (Lipinski definition) is 1. The predicted molar refractivity (Wildman–Crippen MR) is 108 cm³/mol. The van der Waals surface area contributed by atoms with Crippen LogP contribution in [0.25, 0.3) is 11.4 Å². The molecule has 29 heavy (non-hydrogen) atoms. The molecule has 0 atom stereocenters. The minimum absolute atomic E-state index is 0.120. The smallest absolute Gasteiger partial charge is 0.231 e. The highest BCUT2D eigenvalue weighted by atomic mass is 32.1. The average molecular weight is 408 g/mol. The molecule has 0 spiro atoms. The molecule has 1 N–H and O–H groups in total. The van der Waals surface area contributed by atoms with Gasteiger partial charge in [0.1, 0.15) is 17.4 Å². The van der Waals surface area contributed by atoms with Crippen LogP contribution in [0.3, 0.4) is 0 Å². The summed E-state index contributed by atoms with van der Waals surface area (Å²) in [6.07, 6.45) is 0.199. The van der Waals surface area contributed by atoms with Gasteiger partial charge < -0.3 is 5.32 Å². The fourth-order valence-electron chi connectivity index (χ4n) is 2.72. The summed E-state index contributed by atoms with van der Waals surface area (Å²) in [5, 5.41) is 17.8. The van der Waals surface area contributed by atoms with Gasteiger partial charge in [-0.2, -0.15) is 4.80 Å². The number of aryl methyl sites for hydroxylation is 1. The molecule has 2 heterocycles. The minimum atomic E-state index is -0.271. The van der Waals surface area contributed by atoms with Crippen LogP contribution in [0, 0.1) is 12.7 Å². The molecular formula is C20H17FN6OS. The first-order valence-electron chi connectivity index (χ1n) is 8.89. The molecule has 0 unspecified atom stereocenters. The van der Waals surface area contributed by atoms with Crippen LogP contribution < -0.4 is 5.32 Å². The summed E-state index contributed by atoms with van der Waals surface area (Å²) in [5.74, 6) is 0.0307. The van der Waals surface area contributed by atoms with Gasteiger partial charge in [-0.3, -0.25) is 4.79 Å². The van der Waals surface area contributed by atoms with Crippen LogP contribution in [0.2, 0.25) is 0 Å². The molecule has 0 fully saturated rings. The van der Waals surface area contributed by atoms with E-state index < -0.39 is 0 Å². The molecular weight excluding hydrogens is 391 g/mol. The number of halogens is 1. The fraction of sp³-hybridized carbons (Fsp3) is 0.150. The van der Waals surface area contributed by atoms with Crippen molar-refractivity contribution in [3.8, 4) is 11.4 Å². The number of amides is 1. The molecule has 4 rings (SSSR count). The lowest BCUT2D eigenvalue weighted by molar-refractivity contribution is -0.115. The Hall–Kier alpha value is -3.46. The van der Waals surface area contributed by atoms with Gasteiger partial charge in [-0.15, -0.1) is 21.5 Å². The van der Waals surface area contributed by atoms with Gasteiger partial charge in [0.2, 0.25) is 11.7 Å². The zero-order chi connectivity index (χ0) is 20.2. The monoisotopic (exact) mass is 408 g/mol. The Bertz CT molecular complexity index is 1140. The van der Waals surface area contributed by atoms with Gasteiger partial charge in [-0.25, -0.2) is 9.37 Å². The first kappa shape index (κ1) is 18.9. The summed E-state index contributed by atoms with van der Waals surface area (Å²) in [4.78, 5) is 18.1. The maximum atomic E-state index is 13.4. The average Bonchev–Trinajstić information content (AvgIpc) is 3.35. The second-order valence-corrected chi connectivity index (χ2v) is 7.37. The van der Waals surface area contributed by atoms with Gasteiger partial charge in [0.05, 0.1) is 12.1 Å². The van der Waals surface area contributed by atoms with Crippen molar-refractivity contribution in [3.05, 3.63) is 76.0 Å². The molecule has 0 saturated carbocycles. The number of aromatic nitrogens is 5. The van der Waals surface area contributed by atoms with Gasteiger partial charge in [0, 0.05) is 16.6 Å². The molecule has 0 radical (unpaired) electrons. The quantitative estimate of drug-likeness (QED) is 0.528. The second kappa shape index (κ2) is 8.27. The van der Waals surface area contributed by atoms with Crippen LogP contribution >= 0.6 is 11.3 Å². The normalized spacial score (nSPS) is 10.8. The number of anilines is 1. The largest absolute Gasteiger partial charge is 0.326 e. The standard InChI is InChI=1S/C20H17FN6OS/c1-13-9-14(7-8-17(13)21)20-24-26-27(25-20)11-16-12-29-19(23-16)10-18(28)22-15-5-3-2-4-6-15/h2-9,12H,10-11H2,1H3,(H,22,28). The summed E-state index contributed by atoms with van der Waals surface area (Å²) in [7, 11) is 0. The van der Waals surface area contributed by atoms with Crippen molar-refractivity contribution < 1.29 is 9.18 Å². The second-order valence-electron chi connectivity index (χ2n) is 6.43. The van der Waals surface area contributed by atoms with Gasteiger partial charge in [-0.05, 0) is 48.0 Å². The van der Waals surface area contributed by atoms with E-state index in [2.05, 4.69) is 25.7 Å². The molecule has 0 aliphatic carbocycles. The van der Waals surface area contributed by atoms with Crippen molar-refractivity contribution in [2.45, 2.75) is 19.9 Å². The number of nitrogens with one attached hydrogen (secondary N) is 1. The maximum absolute atomic E-state index is 13.4. The summed E-state index contributed by atoms with van der Waals surface area (Å²) in [5.41, 5.74) is 2.73. The Morgan fingerprint density at radius 2 is 2.03 bits per heavy atom. The van der Waals surface area contributed by atoms with E-state index >= 15 is 0 Å². The van der Waals surface area contributed by atoms with E-state index in [0.29, 0.717) is 28.5 Å². The maximum Gasteiger partial charge on any atom is 0.231 e. The van der Waals surface area contributed by atoms with Crippen LogP contribution in [0.1, 0.15) is 16.3 Å². The number of carbonyl (C=O) groups excluding carboxylic acids is 1. The third kappa shape index (κ3) is 4.69. The van der Waals surface area contributed by atoms with Crippen LogP contribution in [0.4, 0.5) is 10.1 Å². The zero-order valence-electron chi connectivity index (χ0n) is 15.5. The van der Waals surface area contributed by atoms with Crippen LogP contribution in [-0.2, 0) is 17.8 Å². The van der Waals surface area contributed by atoms with Gasteiger partial charge in [0.25, 0.3) is 0 Å². The Balaban J connectivity index is 1.38. The topological polar surface area (TPSA) is 85.6 Å². The van der Waals surface area contributed by atoms with Gasteiger partial charge in [-0.1, -0.05) is 18.2 Å². The molecule has 0 aliphatic rings. The molecule has 146 valence electrons. The SMILES string of the molecule is Cc1cc(-c2nnn(Cc3csc(CC(=O)Nc4ccccc4)n3)n2)ccc1F. The number of para-hydroxylation sites is 1. The molecule has 2 aromatic carbocycles. The highest BCUT2D eigenvalue weighted by Crippen LogP contribution is 2.18. The highest BCUT2D eigenvalue weighted by molar-refractivity contribution is 7.09.